The van der Waals surface area contributed by atoms with Crippen molar-refractivity contribution < 1.29 is 4.39 Å². The molecule has 130 valence electrons. The third kappa shape index (κ3) is 2.32. The largest absolute Gasteiger partial charge is 0.335 e. The summed E-state index contributed by atoms with van der Waals surface area (Å²) in [7, 11) is 1.96. The van der Waals surface area contributed by atoms with Gasteiger partial charge in [0, 0.05) is 43.7 Å². The number of imidazole rings is 1. The van der Waals surface area contributed by atoms with Crippen LogP contribution in [0.5, 0.6) is 0 Å². The zero-order chi connectivity index (χ0) is 17.7. The van der Waals surface area contributed by atoms with E-state index < -0.39 is 0 Å². The second-order valence-corrected chi connectivity index (χ2v) is 6.48. The number of hydrogen-bond donors (Lipinski definition) is 1. The molecule has 7 heteroatoms. The third-order valence-electron chi connectivity index (χ3n) is 4.83. The highest BCUT2D eigenvalue weighted by molar-refractivity contribution is 5.91. The van der Waals surface area contributed by atoms with Gasteiger partial charge >= 0.3 is 0 Å². The minimum Gasteiger partial charge on any atom is -0.335 e. The van der Waals surface area contributed by atoms with Gasteiger partial charge in [-0.05, 0) is 30.3 Å². The number of benzene rings is 1. The van der Waals surface area contributed by atoms with E-state index in [2.05, 4.69) is 10.3 Å². The van der Waals surface area contributed by atoms with Crippen molar-refractivity contribution in [1.82, 2.24) is 29.4 Å². The van der Waals surface area contributed by atoms with Crippen molar-refractivity contribution in [2.24, 2.45) is 7.05 Å². The predicted octanol–water partition coefficient (Wildman–Crippen LogP) is 2.61. The monoisotopic (exact) mass is 348 g/mol. The van der Waals surface area contributed by atoms with Crippen molar-refractivity contribution in [1.29, 1.82) is 0 Å². The average molecular weight is 348 g/mol. The molecule has 4 heterocycles. The first kappa shape index (κ1) is 15.2. The van der Waals surface area contributed by atoms with Crippen molar-refractivity contribution in [2.45, 2.75) is 13.0 Å². The molecule has 0 radical (unpaired) electrons. The highest BCUT2D eigenvalue weighted by Crippen LogP contribution is 2.28. The van der Waals surface area contributed by atoms with Gasteiger partial charge in [0.1, 0.15) is 17.8 Å². The topological polar surface area (TPSA) is 60.6 Å². The molecule has 0 fully saturated rings. The molecular weight excluding hydrogens is 331 g/mol. The van der Waals surface area contributed by atoms with Crippen LogP contribution in [0.1, 0.15) is 11.4 Å². The Morgan fingerprint density at radius 3 is 2.81 bits per heavy atom. The molecule has 1 aliphatic heterocycles. The van der Waals surface area contributed by atoms with Gasteiger partial charge in [-0.3, -0.25) is 4.57 Å². The van der Waals surface area contributed by atoms with E-state index in [-0.39, 0.29) is 5.82 Å². The molecule has 0 saturated carbocycles. The third-order valence-corrected chi connectivity index (χ3v) is 4.83. The van der Waals surface area contributed by atoms with E-state index in [1.54, 1.807) is 18.5 Å². The van der Waals surface area contributed by atoms with E-state index in [9.17, 15) is 4.39 Å². The summed E-state index contributed by atoms with van der Waals surface area (Å²) >= 11 is 0. The molecule has 0 spiro atoms. The number of aryl methyl sites for hydroxylation is 1. The van der Waals surface area contributed by atoms with Crippen LogP contribution < -0.4 is 5.32 Å². The summed E-state index contributed by atoms with van der Waals surface area (Å²) in [6.45, 7) is 1.68. The first-order valence-electron chi connectivity index (χ1n) is 8.56. The molecule has 3 aromatic heterocycles. The van der Waals surface area contributed by atoms with Crippen LogP contribution in [0.3, 0.4) is 0 Å². The molecule has 0 aliphatic carbocycles. The van der Waals surface area contributed by atoms with Crippen molar-refractivity contribution in [3.8, 4) is 17.2 Å². The maximum Gasteiger partial charge on any atom is 0.237 e. The molecule has 5 rings (SSSR count). The molecular formula is C19H17FN6. The van der Waals surface area contributed by atoms with Gasteiger partial charge in [0.25, 0.3) is 0 Å². The molecule has 0 atom stereocenters. The molecule has 1 N–H and O–H groups in total. The Morgan fingerprint density at radius 1 is 1.12 bits per heavy atom. The van der Waals surface area contributed by atoms with Gasteiger partial charge in [0.05, 0.1) is 17.1 Å². The highest BCUT2D eigenvalue weighted by Gasteiger charge is 2.19. The number of nitrogens with zero attached hydrogens (tertiary/aromatic N) is 5. The van der Waals surface area contributed by atoms with E-state index in [0.717, 1.165) is 53.2 Å². The minimum absolute atomic E-state index is 0.262. The fourth-order valence-electron chi connectivity index (χ4n) is 3.45. The second-order valence-electron chi connectivity index (χ2n) is 6.48. The lowest BCUT2D eigenvalue weighted by atomic mass is 10.1. The predicted molar refractivity (Wildman–Crippen MR) is 96.4 cm³/mol. The molecule has 4 aromatic rings. The normalized spacial score (nSPS) is 13.9. The van der Waals surface area contributed by atoms with Gasteiger partial charge in [-0.1, -0.05) is 0 Å². The number of rotatable bonds is 2. The molecule has 0 bridgehead atoms. The lowest BCUT2D eigenvalue weighted by Gasteiger charge is -2.15. The quantitative estimate of drug-likeness (QED) is 0.605. The molecule has 1 aliphatic rings. The molecule has 0 amide bonds. The van der Waals surface area contributed by atoms with Gasteiger partial charge in [-0.25, -0.2) is 14.4 Å². The molecule has 1 aromatic carbocycles. The van der Waals surface area contributed by atoms with Crippen molar-refractivity contribution in [2.75, 3.05) is 6.54 Å². The van der Waals surface area contributed by atoms with Crippen molar-refractivity contribution >= 4 is 11.0 Å². The summed E-state index contributed by atoms with van der Waals surface area (Å²) in [6, 6.07) is 8.39. The molecule has 6 nitrogen and oxygen atoms in total. The van der Waals surface area contributed by atoms with Crippen LogP contribution in [-0.2, 0) is 20.0 Å². The average Bonchev–Trinajstić information content (AvgIpc) is 3.26. The molecule has 0 saturated heterocycles. The highest BCUT2D eigenvalue weighted by atomic mass is 19.1. The lowest BCUT2D eigenvalue weighted by molar-refractivity contribution is 0.614. The standard InChI is InChI=1S/C19H17FN6/c1-25-9-7-14-17(12-2-4-13(20)5-3-12)23-19(24-18(14)25)26-11-22-15-6-8-21-10-16(15)26/h2-5,7,9,11,21H,6,8,10H2,1H3. The van der Waals surface area contributed by atoms with E-state index in [1.165, 1.54) is 12.1 Å². The fourth-order valence-corrected chi connectivity index (χ4v) is 3.45. The Kier molecular flexibility index (Phi) is 3.36. The number of fused-ring (bicyclic) bond motifs is 2. The Bertz CT molecular complexity index is 1110. The molecule has 26 heavy (non-hydrogen) atoms. The van der Waals surface area contributed by atoms with Crippen LogP contribution in [0.25, 0.3) is 28.2 Å². The minimum atomic E-state index is -0.262. The van der Waals surface area contributed by atoms with Crippen LogP contribution in [0.4, 0.5) is 4.39 Å². The number of aromatic nitrogens is 5. The van der Waals surface area contributed by atoms with Gasteiger partial charge in [-0.2, -0.15) is 4.98 Å². The van der Waals surface area contributed by atoms with Crippen LogP contribution >= 0.6 is 0 Å². The van der Waals surface area contributed by atoms with Crippen LogP contribution in [0.15, 0.2) is 42.9 Å². The Hall–Kier alpha value is -3.06. The summed E-state index contributed by atoms with van der Waals surface area (Å²) in [6.07, 6.45) is 4.65. The first-order chi connectivity index (χ1) is 12.7. The second kappa shape index (κ2) is 5.74. The maximum absolute atomic E-state index is 13.4. The van der Waals surface area contributed by atoms with Crippen molar-refractivity contribution in [3.63, 3.8) is 0 Å². The van der Waals surface area contributed by atoms with Gasteiger partial charge in [0.2, 0.25) is 5.95 Å². The van der Waals surface area contributed by atoms with Gasteiger partial charge < -0.3 is 9.88 Å². The Labute approximate surface area is 149 Å². The fraction of sp³-hybridized carbons (Fsp3) is 0.211. The lowest BCUT2D eigenvalue weighted by Crippen LogP contribution is -2.25. The zero-order valence-electron chi connectivity index (χ0n) is 14.3. The number of hydrogen-bond acceptors (Lipinski definition) is 4. The van der Waals surface area contributed by atoms with Crippen LogP contribution in [-0.4, -0.2) is 30.6 Å². The summed E-state index contributed by atoms with van der Waals surface area (Å²) < 4.78 is 17.3. The zero-order valence-corrected chi connectivity index (χ0v) is 14.3. The summed E-state index contributed by atoms with van der Waals surface area (Å²) in [5, 5.41) is 4.31. The van der Waals surface area contributed by atoms with Gasteiger partial charge in [0.15, 0.2) is 0 Å². The summed E-state index contributed by atoms with van der Waals surface area (Å²) in [5.74, 6) is 0.318. The van der Waals surface area contributed by atoms with Crippen LogP contribution in [0.2, 0.25) is 0 Å². The van der Waals surface area contributed by atoms with Crippen LogP contribution in [0, 0.1) is 5.82 Å². The smallest absolute Gasteiger partial charge is 0.237 e. The van der Waals surface area contributed by atoms with E-state index in [1.807, 2.05) is 28.4 Å². The Morgan fingerprint density at radius 2 is 1.96 bits per heavy atom. The number of halogens is 1. The van der Waals surface area contributed by atoms with E-state index >= 15 is 0 Å². The summed E-state index contributed by atoms with van der Waals surface area (Å²) in [4.78, 5) is 14.1. The Balaban J connectivity index is 1.75. The SMILES string of the molecule is Cn1ccc2c(-c3ccc(F)cc3)nc(-n3cnc4c3CNCC4)nc21. The van der Waals surface area contributed by atoms with Gasteiger partial charge in [-0.15, -0.1) is 0 Å². The van der Waals surface area contributed by atoms with E-state index in [0.29, 0.717) is 5.95 Å². The molecule has 0 unspecified atom stereocenters. The summed E-state index contributed by atoms with van der Waals surface area (Å²) in [5.41, 5.74) is 4.66. The van der Waals surface area contributed by atoms with Crippen molar-refractivity contribution in [3.05, 3.63) is 60.1 Å². The first-order valence-corrected chi connectivity index (χ1v) is 8.56. The maximum atomic E-state index is 13.4. The van der Waals surface area contributed by atoms with E-state index in [4.69, 9.17) is 9.97 Å². The number of nitrogens with one attached hydrogen (secondary N) is 1.